The zero-order chi connectivity index (χ0) is 25.3. The largest absolute Gasteiger partial charge is 0.477 e. The molecule has 2 aliphatic heterocycles. The molecule has 2 aromatic rings. The van der Waals surface area contributed by atoms with Crippen molar-refractivity contribution in [1.82, 2.24) is 20.4 Å². The van der Waals surface area contributed by atoms with E-state index in [1.54, 1.807) is 18.2 Å². The number of carboxylic acid groups (broad SMARTS) is 1. The van der Waals surface area contributed by atoms with Gasteiger partial charge in [0.05, 0.1) is 0 Å². The highest BCUT2D eigenvalue weighted by atomic mass is 32.2. The van der Waals surface area contributed by atoms with Gasteiger partial charge in [0, 0.05) is 17.2 Å². The fourth-order valence-corrected chi connectivity index (χ4v) is 6.93. The third-order valence-electron chi connectivity index (χ3n) is 5.22. The lowest BCUT2D eigenvalue weighted by Gasteiger charge is -2.49. The Bertz CT molecular complexity index is 1230. The van der Waals surface area contributed by atoms with Crippen LogP contribution in [0.1, 0.15) is 16.6 Å². The third-order valence-corrected chi connectivity index (χ3v) is 8.62. The van der Waals surface area contributed by atoms with Gasteiger partial charge in [0.25, 0.3) is 5.91 Å². The number of anilines is 1. The second-order valence-corrected chi connectivity index (χ2v) is 11.1. The van der Waals surface area contributed by atoms with Crippen LogP contribution in [0.4, 0.5) is 10.5 Å². The lowest BCUT2D eigenvalue weighted by Crippen LogP contribution is -2.71. The van der Waals surface area contributed by atoms with Crippen LogP contribution < -0.4 is 22.1 Å². The number of primary amides is 1. The Morgan fingerprint density at radius 1 is 1.34 bits per heavy atom. The minimum atomic E-state index is -1.20. The van der Waals surface area contributed by atoms with E-state index in [1.807, 2.05) is 6.92 Å². The Morgan fingerprint density at radius 2 is 2.11 bits per heavy atom. The predicted octanol–water partition coefficient (Wildman–Crippen LogP) is 0.868. The van der Waals surface area contributed by atoms with Gasteiger partial charge in [-0.3, -0.25) is 14.5 Å². The Hall–Kier alpha value is -3.14. The number of aryl methyl sites for hydroxylation is 1. The number of carbonyl (C=O) groups is 4. The third kappa shape index (κ3) is 5.27. The maximum absolute atomic E-state index is 12.9. The highest BCUT2D eigenvalue weighted by Crippen LogP contribution is 2.42. The average molecular weight is 536 g/mol. The summed E-state index contributed by atoms with van der Waals surface area (Å²) in [6.07, 6.45) is 0. The number of rotatable bonds is 8. The number of carboxylic acids is 1. The summed E-state index contributed by atoms with van der Waals surface area (Å²) < 4.78 is 0.719. The molecule has 3 atom stereocenters. The van der Waals surface area contributed by atoms with E-state index in [0.29, 0.717) is 28.3 Å². The molecule has 1 aromatic heterocycles. The highest BCUT2D eigenvalue weighted by Gasteiger charge is 2.54. The first-order valence-corrected chi connectivity index (χ1v) is 13.1. The van der Waals surface area contributed by atoms with E-state index in [4.69, 9.17) is 11.5 Å². The van der Waals surface area contributed by atoms with Crippen LogP contribution in [0.25, 0.3) is 0 Å². The fraction of sp³-hybridized carbons (Fsp3) is 0.300. The van der Waals surface area contributed by atoms with E-state index in [9.17, 15) is 24.3 Å². The molecule has 4 rings (SSSR count). The number of carbonyl (C=O) groups excluding carboxylic acids is 3. The lowest BCUT2D eigenvalue weighted by molar-refractivity contribution is -0.150. The Labute approximate surface area is 211 Å². The minimum absolute atomic E-state index is 0.0625. The molecule has 0 saturated carbocycles. The zero-order valence-electron chi connectivity index (χ0n) is 18.3. The normalized spacial score (nSPS) is 20.1. The van der Waals surface area contributed by atoms with Gasteiger partial charge in [0.1, 0.15) is 28.2 Å². The summed E-state index contributed by atoms with van der Waals surface area (Å²) in [5.41, 5.74) is 12.5. The summed E-state index contributed by atoms with van der Waals surface area (Å²) in [5, 5.41) is 23.1. The Morgan fingerprint density at radius 3 is 2.77 bits per heavy atom. The van der Waals surface area contributed by atoms with Crippen LogP contribution in [-0.4, -0.2) is 66.9 Å². The van der Waals surface area contributed by atoms with Crippen LogP contribution in [-0.2, 0) is 14.4 Å². The van der Waals surface area contributed by atoms with Gasteiger partial charge in [-0.1, -0.05) is 35.2 Å². The van der Waals surface area contributed by atoms with E-state index >= 15 is 0 Å². The number of nitrogens with zero attached hydrogens (tertiary/aromatic N) is 3. The number of amides is 4. The van der Waals surface area contributed by atoms with Crippen LogP contribution in [0.5, 0.6) is 0 Å². The van der Waals surface area contributed by atoms with E-state index in [1.165, 1.54) is 45.8 Å². The SMILES string of the molecule is Cc1nnc(SCC2=C(C(=O)O)N3C(=O)C(NC(=O)C(N)c4cccc(NC(N)=O)c4)[C@@H]3SC2)s1. The number of nitrogens with two attached hydrogens (primary N) is 2. The summed E-state index contributed by atoms with van der Waals surface area (Å²) in [6.45, 7) is 1.83. The van der Waals surface area contributed by atoms with Gasteiger partial charge in [-0.2, -0.15) is 0 Å². The van der Waals surface area contributed by atoms with Crippen molar-refractivity contribution in [3.63, 3.8) is 0 Å². The van der Waals surface area contributed by atoms with Crippen molar-refractivity contribution in [1.29, 1.82) is 0 Å². The summed E-state index contributed by atoms with van der Waals surface area (Å²) in [5.74, 6) is -1.57. The van der Waals surface area contributed by atoms with Crippen LogP contribution in [0, 0.1) is 6.92 Å². The molecule has 1 saturated heterocycles. The fourth-order valence-electron chi connectivity index (χ4n) is 3.63. The van der Waals surface area contributed by atoms with Crippen LogP contribution in [0.2, 0.25) is 0 Å². The number of β-lactam (4-membered cyclic amide) rings is 1. The number of fused-ring (bicyclic) bond motifs is 1. The van der Waals surface area contributed by atoms with Crippen LogP contribution in [0.15, 0.2) is 39.9 Å². The number of aromatic nitrogens is 2. The van der Waals surface area contributed by atoms with Crippen molar-refractivity contribution in [2.24, 2.45) is 11.5 Å². The van der Waals surface area contributed by atoms with Gasteiger partial charge in [0.2, 0.25) is 5.91 Å². The first-order valence-electron chi connectivity index (χ1n) is 10.2. The molecule has 12 nitrogen and oxygen atoms in total. The van der Waals surface area contributed by atoms with Gasteiger partial charge in [-0.25, -0.2) is 9.59 Å². The standard InChI is InChI=1S/C20H21N7O5S3/c1-8-25-26-20(35-8)34-7-10-6-33-17-13(16(29)27(17)14(10)18(30)31)24-15(28)12(21)9-3-2-4-11(5-9)23-19(22)32/h2-5,12-13,17H,6-7,21H2,1H3,(H,24,28)(H,30,31)(H3,22,23,32)/t12?,13?,17-/m0/s1. The van der Waals surface area contributed by atoms with E-state index < -0.39 is 41.3 Å². The molecule has 184 valence electrons. The number of nitrogens with one attached hydrogen (secondary N) is 2. The molecule has 0 aliphatic carbocycles. The zero-order valence-corrected chi connectivity index (χ0v) is 20.7. The van der Waals surface area contributed by atoms with Crippen molar-refractivity contribution < 1.29 is 24.3 Å². The molecule has 1 fully saturated rings. The molecule has 7 N–H and O–H groups in total. The first-order chi connectivity index (χ1) is 16.7. The molecule has 35 heavy (non-hydrogen) atoms. The molecule has 15 heteroatoms. The topological polar surface area (TPSA) is 194 Å². The van der Waals surface area contributed by atoms with E-state index in [-0.39, 0.29) is 5.70 Å². The molecular formula is C20H21N7O5S3. The van der Waals surface area contributed by atoms with Gasteiger partial charge in [-0.05, 0) is 30.2 Å². The summed E-state index contributed by atoms with van der Waals surface area (Å²) in [7, 11) is 0. The second kappa shape index (κ2) is 10.2. The molecule has 2 unspecified atom stereocenters. The van der Waals surface area contributed by atoms with Crippen molar-refractivity contribution in [3.8, 4) is 0 Å². The summed E-state index contributed by atoms with van der Waals surface area (Å²) in [4.78, 5) is 49.9. The van der Waals surface area contributed by atoms with Gasteiger partial charge in [-0.15, -0.1) is 22.0 Å². The lowest BCUT2D eigenvalue weighted by atomic mass is 10.0. The molecule has 4 amide bonds. The van der Waals surface area contributed by atoms with E-state index in [2.05, 4.69) is 20.8 Å². The number of benzene rings is 1. The minimum Gasteiger partial charge on any atom is -0.477 e. The number of thioether (sulfide) groups is 2. The van der Waals surface area contributed by atoms with Crippen LogP contribution >= 0.6 is 34.9 Å². The predicted molar refractivity (Wildman–Crippen MR) is 132 cm³/mol. The maximum Gasteiger partial charge on any atom is 0.352 e. The molecular weight excluding hydrogens is 514 g/mol. The first kappa shape index (κ1) is 25.0. The van der Waals surface area contributed by atoms with Crippen molar-refractivity contribution in [2.75, 3.05) is 16.8 Å². The van der Waals surface area contributed by atoms with Crippen molar-refractivity contribution in [2.45, 2.75) is 28.7 Å². The molecule has 1 aromatic carbocycles. The second-order valence-electron chi connectivity index (χ2n) is 7.62. The number of hydrogen-bond donors (Lipinski definition) is 5. The molecule has 2 aliphatic rings. The average Bonchev–Trinajstić information content (AvgIpc) is 3.24. The Kier molecular flexibility index (Phi) is 7.30. The summed E-state index contributed by atoms with van der Waals surface area (Å²) >= 11 is 4.15. The van der Waals surface area contributed by atoms with Crippen molar-refractivity contribution in [3.05, 3.63) is 46.1 Å². The quantitative estimate of drug-likeness (QED) is 0.239. The number of hydrogen-bond acceptors (Lipinski definition) is 10. The monoisotopic (exact) mass is 535 g/mol. The smallest absolute Gasteiger partial charge is 0.352 e. The molecule has 0 radical (unpaired) electrons. The number of urea groups is 1. The van der Waals surface area contributed by atoms with Gasteiger partial charge >= 0.3 is 12.0 Å². The van der Waals surface area contributed by atoms with Gasteiger partial charge < -0.3 is 27.2 Å². The van der Waals surface area contributed by atoms with E-state index in [0.717, 1.165) is 9.35 Å². The maximum atomic E-state index is 12.9. The molecule has 3 heterocycles. The molecule has 0 spiro atoms. The number of aliphatic carboxylic acids is 1. The van der Waals surface area contributed by atoms with Gasteiger partial charge in [0.15, 0.2) is 4.34 Å². The van der Waals surface area contributed by atoms with Crippen LogP contribution in [0.3, 0.4) is 0 Å². The molecule has 0 bridgehead atoms. The highest BCUT2D eigenvalue weighted by molar-refractivity contribution is 8.01. The Balaban J connectivity index is 1.43. The van der Waals surface area contributed by atoms with Crippen molar-refractivity contribution >= 4 is 64.4 Å². The summed E-state index contributed by atoms with van der Waals surface area (Å²) in [6, 6.07) is 3.54.